The normalized spacial score (nSPS) is 16.1. The standard InChI is InChI=1S/C7H13F3N2O2/c1-4(11)2-6(14)12-3-5(13)7(8,9)10/h4-5,13H,2-3,11H2,1H3,(H,12,14). The maximum absolute atomic E-state index is 11.7. The van der Waals surface area contributed by atoms with E-state index in [-0.39, 0.29) is 6.42 Å². The average molecular weight is 214 g/mol. The fourth-order valence-corrected chi connectivity index (χ4v) is 0.691. The molecule has 0 fully saturated rings. The molecule has 0 aliphatic carbocycles. The van der Waals surface area contributed by atoms with Crippen molar-refractivity contribution in [3.8, 4) is 0 Å². The lowest BCUT2D eigenvalue weighted by Crippen LogP contribution is -2.41. The van der Waals surface area contributed by atoms with Gasteiger partial charge in [0.15, 0.2) is 6.10 Å². The van der Waals surface area contributed by atoms with Gasteiger partial charge in [-0.3, -0.25) is 4.79 Å². The summed E-state index contributed by atoms with van der Waals surface area (Å²) in [5.41, 5.74) is 5.24. The van der Waals surface area contributed by atoms with E-state index in [1.165, 1.54) is 0 Å². The van der Waals surface area contributed by atoms with Crippen molar-refractivity contribution in [1.29, 1.82) is 0 Å². The maximum atomic E-state index is 11.7. The van der Waals surface area contributed by atoms with Crippen molar-refractivity contribution in [1.82, 2.24) is 5.32 Å². The summed E-state index contributed by atoms with van der Waals surface area (Å²) >= 11 is 0. The molecule has 0 radical (unpaired) electrons. The van der Waals surface area contributed by atoms with Gasteiger partial charge in [-0.2, -0.15) is 13.2 Å². The van der Waals surface area contributed by atoms with Gasteiger partial charge in [0.05, 0.1) is 6.54 Å². The number of halogens is 3. The third-order valence-corrected chi connectivity index (χ3v) is 1.38. The van der Waals surface area contributed by atoms with Crippen LogP contribution in [0.15, 0.2) is 0 Å². The van der Waals surface area contributed by atoms with Crippen molar-refractivity contribution in [3.63, 3.8) is 0 Å². The lowest BCUT2D eigenvalue weighted by atomic mass is 10.2. The first-order valence-electron chi connectivity index (χ1n) is 4.00. The third kappa shape index (κ3) is 5.76. The van der Waals surface area contributed by atoms with Crippen molar-refractivity contribution in [3.05, 3.63) is 0 Å². The van der Waals surface area contributed by atoms with Gasteiger partial charge in [0, 0.05) is 12.5 Å². The van der Waals surface area contributed by atoms with Crippen LogP contribution in [0.25, 0.3) is 0 Å². The van der Waals surface area contributed by atoms with Crippen molar-refractivity contribution in [2.24, 2.45) is 5.73 Å². The number of carbonyl (C=O) groups excluding carboxylic acids is 1. The van der Waals surface area contributed by atoms with Gasteiger partial charge < -0.3 is 16.2 Å². The van der Waals surface area contributed by atoms with Gasteiger partial charge in [-0.25, -0.2) is 0 Å². The van der Waals surface area contributed by atoms with Gasteiger partial charge in [-0.15, -0.1) is 0 Å². The summed E-state index contributed by atoms with van der Waals surface area (Å²) in [6, 6.07) is -0.418. The van der Waals surface area contributed by atoms with Crippen molar-refractivity contribution >= 4 is 5.91 Å². The van der Waals surface area contributed by atoms with Crippen LogP contribution in [0.3, 0.4) is 0 Å². The molecule has 0 aliphatic rings. The van der Waals surface area contributed by atoms with Crippen LogP contribution in [0.2, 0.25) is 0 Å². The van der Waals surface area contributed by atoms with Gasteiger partial charge >= 0.3 is 6.18 Å². The van der Waals surface area contributed by atoms with Crippen molar-refractivity contribution < 1.29 is 23.1 Å². The number of aliphatic hydroxyl groups excluding tert-OH is 1. The van der Waals surface area contributed by atoms with Crippen LogP contribution in [0.1, 0.15) is 13.3 Å². The smallest absolute Gasteiger partial charge is 0.382 e. The summed E-state index contributed by atoms with van der Waals surface area (Å²) < 4.78 is 35.2. The fraction of sp³-hybridized carbons (Fsp3) is 0.857. The van der Waals surface area contributed by atoms with E-state index in [1.807, 2.05) is 5.32 Å². The van der Waals surface area contributed by atoms with Gasteiger partial charge in [-0.05, 0) is 6.92 Å². The molecule has 4 N–H and O–H groups in total. The summed E-state index contributed by atoms with van der Waals surface area (Å²) in [4.78, 5) is 10.8. The molecule has 84 valence electrons. The molecule has 4 nitrogen and oxygen atoms in total. The minimum absolute atomic E-state index is 0.0649. The number of hydrogen-bond donors (Lipinski definition) is 3. The summed E-state index contributed by atoms with van der Waals surface area (Å²) in [5, 5.41) is 10.4. The number of nitrogens with one attached hydrogen (secondary N) is 1. The molecule has 2 atom stereocenters. The van der Waals surface area contributed by atoms with E-state index in [9.17, 15) is 18.0 Å². The minimum Gasteiger partial charge on any atom is -0.382 e. The van der Waals surface area contributed by atoms with Gasteiger partial charge in [0.2, 0.25) is 5.91 Å². The van der Waals surface area contributed by atoms with Crippen molar-refractivity contribution in [2.45, 2.75) is 31.7 Å². The molecule has 2 unspecified atom stereocenters. The number of rotatable bonds is 4. The van der Waals surface area contributed by atoms with Crippen molar-refractivity contribution in [2.75, 3.05) is 6.54 Å². The first kappa shape index (κ1) is 13.2. The highest BCUT2D eigenvalue weighted by molar-refractivity contribution is 5.76. The highest BCUT2D eigenvalue weighted by Crippen LogP contribution is 2.19. The number of carbonyl (C=O) groups is 1. The van der Waals surface area contributed by atoms with Crippen LogP contribution in [0.4, 0.5) is 13.2 Å². The second kappa shape index (κ2) is 5.16. The Balaban J connectivity index is 3.78. The number of amides is 1. The molecule has 1 amide bonds. The Morgan fingerprint density at radius 2 is 2.07 bits per heavy atom. The number of alkyl halides is 3. The Morgan fingerprint density at radius 3 is 2.43 bits per heavy atom. The maximum Gasteiger partial charge on any atom is 0.416 e. The first-order valence-corrected chi connectivity index (χ1v) is 4.00. The number of nitrogens with two attached hydrogens (primary N) is 1. The zero-order chi connectivity index (χ0) is 11.4. The Kier molecular flexibility index (Phi) is 4.86. The second-order valence-electron chi connectivity index (χ2n) is 3.04. The molecular formula is C7H13F3N2O2. The second-order valence-corrected chi connectivity index (χ2v) is 3.04. The molecule has 0 aliphatic heterocycles. The first-order chi connectivity index (χ1) is 6.23. The molecule has 0 spiro atoms. The zero-order valence-corrected chi connectivity index (χ0v) is 7.64. The number of aliphatic hydroxyl groups is 1. The Morgan fingerprint density at radius 1 is 1.57 bits per heavy atom. The monoisotopic (exact) mass is 214 g/mol. The summed E-state index contributed by atoms with van der Waals surface area (Å²) in [5.74, 6) is -0.608. The molecular weight excluding hydrogens is 201 g/mol. The van der Waals surface area contributed by atoms with E-state index in [1.54, 1.807) is 6.92 Å². The van der Waals surface area contributed by atoms with Gasteiger partial charge in [0.1, 0.15) is 0 Å². The summed E-state index contributed by atoms with van der Waals surface area (Å²) in [7, 11) is 0. The largest absolute Gasteiger partial charge is 0.416 e. The highest BCUT2D eigenvalue weighted by atomic mass is 19.4. The molecule has 14 heavy (non-hydrogen) atoms. The summed E-state index contributed by atoms with van der Waals surface area (Å²) in [6.45, 7) is 0.717. The lowest BCUT2D eigenvalue weighted by molar-refractivity contribution is -0.201. The van der Waals surface area contributed by atoms with Crippen LogP contribution in [-0.4, -0.2) is 35.9 Å². The predicted molar refractivity (Wildman–Crippen MR) is 43.3 cm³/mol. The van der Waals surface area contributed by atoms with Crippen LogP contribution in [0.5, 0.6) is 0 Å². The van der Waals surface area contributed by atoms with Gasteiger partial charge in [-0.1, -0.05) is 0 Å². The lowest BCUT2D eigenvalue weighted by Gasteiger charge is -2.15. The Labute approximate surface area is 79.3 Å². The van der Waals surface area contributed by atoms with E-state index in [0.29, 0.717) is 0 Å². The summed E-state index contributed by atoms with van der Waals surface area (Å²) in [6.07, 6.45) is -7.30. The topological polar surface area (TPSA) is 75.4 Å². The fourth-order valence-electron chi connectivity index (χ4n) is 0.691. The molecule has 0 rings (SSSR count). The molecule has 0 aromatic rings. The van der Waals surface area contributed by atoms with E-state index >= 15 is 0 Å². The SMILES string of the molecule is CC(N)CC(=O)NCC(O)C(F)(F)F. The van der Waals surface area contributed by atoms with E-state index in [2.05, 4.69) is 0 Å². The van der Waals surface area contributed by atoms with Crippen LogP contribution >= 0.6 is 0 Å². The molecule has 0 aromatic carbocycles. The van der Waals surface area contributed by atoms with Crippen LogP contribution in [-0.2, 0) is 4.79 Å². The molecule has 0 saturated heterocycles. The molecule has 7 heteroatoms. The van der Waals surface area contributed by atoms with E-state index in [0.717, 1.165) is 0 Å². The van der Waals surface area contributed by atoms with Crippen LogP contribution in [0, 0.1) is 0 Å². The van der Waals surface area contributed by atoms with E-state index in [4.69, 9.17) is 10.8 Å². The molecule has 0 aromatic heterocycles. The number of hydrogen-bond acceptors (Lipinski definition) is 3. The highest BCUT2D eigenvalue weighted by Gasteiger charge is 2.38. The minimum atomic E-state index is -4.71. The Hall–Kier alpha value is -0.820. The Bertz CT molecular complexity index is 194. The molecule has 0 bridgehead atoms. The molecule has 0 saturated carbocycles. The quantitative estimate of drug-likeness (QED) is 0.604. The third-order valence-electron chi connectivity index (χ3n) is 1.38. The van der Waals surface area contributed by atoms with Gasteiger partial charge in [0.25, 0.3) is 0 Å². The average Bonchev–Trinajstić information content (AvgIpc) is 1.96. The van der Waals surface area contributed by atoms with Crippen LogP contribution < -0.4 is 11.1 Å². The predicted octanol–water partition coefficient (Wildman–Crippen LogP) is -0.237. The van der Waals surface area contributed by atoms with E-state index < -0.39 is 30.8 Å². The molecule has 0 heterocycles. The zero-order valence-electron chi connectivity index (χ0n) is 7.64.